The Balaban J connectivity index is 1.53. The first-order chi connectivity index (χ1) is 9.63. The van der Waals surface area contributed by atoms with Gasteiger partial charge in [0.25, 0.3) is 0 Å². The lowest BCUT2D eigenvalue weighted by atomic mass is 9.47. The average molecular weight is 381 g/mol. The summed E-state index contributed by atoms with van der Waals surface area (Å²) in [5, 5.41) is 0. The van der Waals surface area contributed by atoms with E-state index >= 15 is 0 Å². The molecule has 0 aliphatic heterocycles. The molecule has 4 fully saturated rings. The average Bonchev–Trinajstić information content (AvgIpc) is 2.40. The smallest absolute Gasteiger partial charge is 0.0136 e. The third-order valence-corrected chi connectivity index (χ3v) is 6.96. The zero-order valence-corrected chi connectivity index (χ0v) is 14.2. The van der Waals surface area contributed by atoms with Crippen LogP contribution < -0.4 is 5.73 Å². The molecule has 0 aromatic heterocycles. The van der Waals surface area contributed by atoms with Gasteiger partial charge in [0.05, 0.1) is 0 Å². The third-order valence-electron chi connectivity index (χ3n) is 6.24. The van der Waals surface area contributed by atoms with Crippen LogP contribution in [0.25, 0.3) is 0 Å². The van der Waals surface area contributed by atoms with Crippen molar-refractivity contribution in [1.29, 1.82) is 0 Å². The highest BCUT2D eigenvalue weighted by Gasteiger charge is 2.53. The van der Waals surface area contributed by atoms with Gasteiger partial charge < -0.3 is 5.73 Å². The first kappa shape index (κ1) is 13.6. The summed E-state index contributed by atoms with van der Waals surface area (Å²) in [6.45, 7) is 0. The maximum atomic E-state index is 6.74. The summed E-state index contributed by atoms with van der Waals surface area (Å²) in [5.41, 5.74) is 8.65. The van der Waals surface area contributed by atoms with E-state index in [0.717, 1.165) is 24.2 Å². The molecule has 0 radical (unpaired) electrons. The van der Waals surface area contributed by atoms with Crippen LogP contribution in [0.15, 0.2) is 24.3 Å². The highest BCUT2D eigenvalue weighted by atomic mass is 127. The molecule has 2 heteroatoms. The van der Waals surface area contributed by atoms with Gasteiger partial charge in [0.1, 0.15) is 0 Å². The predicted molar refractivity (Wildman–Crippen MR) is 91.4 cm³/mol. The van der Waals surface area contributed by atoms with E-state index in [1.165, 1.54) is 47.7 Å². The van der Waals surface area contributed by atoms with Gasteiger partial charge >= 0.3 is 0 Å². The normalized spacial score (nSPS) is 40.0. The lowest BCUT2D eigenvalue weighted by Crippen LogP contribution is -2.55. The van der Waals surface area contributed by atoms with Gasteiger partial charge in [0, 0.05) is 9.61 Å². The predicted octanol–water partition coefficient (Wildman–Crippen LogP) is 4.38. The van der Waals surface area contributed by atoms with Crippen LogP contribution in [0.2, 0.25) is 0 Å². The highest BCUT2D eigenvalue weighted by Crippen LogP contribution is 2.61. The van der Waals surface area contributed by atoms with Gasteiger partial charge in [0.2, 0.25) is 0 Å². The van der Waals surface area contributed by atoms with Crippen molar-refractivity contribution in [3.05, 3.63) is 33.4 Å². The number of hydrogen-bond acceptors (Lipinski definition) is 1. The van der Waals surface area contributed by atoms with Crippen molar-refractivity contribution in [2.75, 3.05) is 0 Å². The Kier molecular flexibility index (Phi) is 3.38. The molecule has 4 aliphatic rings. The molecule has 108 valence electrons. The van der Waals surface area contributed by atoms with Crippen LogP contribution in [0.5, 0.6) is 0 Å². The van der Waals surface area contributed by atoms with Gasteiger partial charge in [-0.05, 0) is 108 Å². The molecule has 0 saturated heterocycles. The summed E-state index contributed by atoms with van der Waals surface area (Å²) in [6, 6.07) is 9.32. The first-order valence-electron chi connectivity index (χ1n) is 8.13. The van der Waals surface area contributed by atoms with E-state index in [-0.39, 0.29) is 0 Å². The largest absolute Gasteiger partial charge is 0.327 e. The van der Waals surface area contributed by atoms with Crippen molar-refractivity contribution < 1.29 is 0 Å². The minimum Gasteiger partial charge on any atom is -0.327 e. The third kappa shape index (κ3) is 2.33. The molecule has 1 atom stereocenters. The molecular formula is C18H24IN. The number of nitrogens with two attached hydrogens (primary N) is 1. The van der Waals surface area contributed by atoms with Gasteiger partial charge in [-0.2, -0.15) is 0 Å². The molecule has 0 heterocycles. The zero-order chi connectivity index (χ0) is 13.7. The number of hydrogen-bond donors (Lipinski definition) is 1. The topological polar surface area (TPSA) is 26.0 Å². The van der Waals surface area contributed by atoms with Crippen molar-refractivity contribution in [3.8, 4) is 0 Å². The van der Waals surface area contributed by atoms with Gasteiger partial charge in [-0.25, -0.2) is 0 Å². The second-order valence-corrected chi connectivity index (χ2v) is 8.96. The van der Waals surface area contributed by atoms with Crippen molar-refractivity contribution in [3.63, 3.8) is 0 Å². The molecule has 0 spiro atoms. The summed E-state index contributed by atoms with van der Waals surface area (Å²) < 4.78 is 1.31. The Bertz CT molecular complexity index is 457. The number of rotatable bonds is 3. The van der Waals surface area contributed by atoms with Crippen molar-refractivity contribution in [2.45, 2.75) is 51.0 Å². The van der Waals surface area contributed by atoms with Crippen LogP contribution in [0.4, 0.5) is 0 Å². The maximum Gasteiger partial charge on any atom is 0.0136 e. The monoisotopic (exact) mass is 381 g/mol. The standard InChI is InChI=1S/C18H24IN/c19-16-3-1-12(2-4-16)8-17(20)18-9-13-5-14(10-18)7-15(6-13)11-18/h1-4,13-15,17H,5-11,20H2. The number of halogens is 1. The van der Waals surface area contributed by atoms with E-state index < -0.39 is 0 Å². The molecule has 4 aliphatic carbocycles. The Morgan fingerprint density at radius 1 is 1.00 bits per heavy atom. The van der Waals surface area contributed by atoms with Crippen molar-refractivity contribution >= 4 is 22.6 Å². The minimum absolute atomic E-state index is 0.371. The lowest BCUT2D eigenvalue weighted by Gasteiger charge is -2.59. The fraction of sp³-hybridized carbons (Fsp3) is 0.667. The van der Waals surface area contributed by atoms with Gasteiger partial charge in [0.15, 0.2) is 0 Å². The van der Waals surface area contributed by atoms with Gasteiger partial charge in [-0.1, -0.05) is 12.1 Å². The maximum absolute atomic E-state index is 6.74. The van der Waals surface area contributed by atoms with E-state index in [2.05, 4.69) is 46.9 Å². The zero-order valence-electron chi connectivity index (χ0n) is 12.0. The molecule has 1 aromatic rings. The Morgan fingerprint density at radius 3 is 2.00 bits per heavy atom. The summed E-state index contributed by atoms with van der Waals surface area (Å²) in [6.07, 6.45) is 9.86. The van der Waals surface area contributed by atoms with Crippen molar-refractivity contribution in [2.24, 2.45) is 28.9 Å². The van der Waals surface area contributed by atoms with Crippen LogP contribution in [0.1, 0.15) is 44.1 Å². The van der Waals surface area contributed by atoms with Crippen LogP contribution in [0, 0.1) is 26.7 Å². The fourth-order valence-corrected chi connectivity index (χ4v) is 6.08. The summed E-state index contributed by atoms with van der Waals surface area (Å²) in [4.78, 5) is 0. The lowest BCUT2D eigenvalue weighted by molar-refractivity contribution is -0.0667. The van der Waals surface area contributed by atoms with Crippen LogP contribution in [0.3, 0.4) is 0 Å². The summed E-state index contributed by atoms with van der Waals surface area (Å²) >= 11 is 2.37. The minimum atomic E-state index is 0.371. The Labute approximate surface area is 135 Å². The van der Waals surface area contributed by atoms with Gasteiger partial charge in [-0.3, -0.25) is 0 Å². The SMILES string of the molecule is NC(Cc1ccc(I)cc1)C12CC3CC(CC(C3)C1)C2. The quantitative estimate of drug-likeness (QED) is 0.773. The molecule has 1 aromatic carbocycles. The molecule has 1 nitrogen and oxygen atoms in total. The molecule has 0 amide bonds. The molecule has 4 bridgehead atoms. The van der Waals surface area contributed by atoms with Crippen LogP contribution in [-0.4, -0.2) is 6.04 Å². The molecule has 1 unspecified atom stereocenters. The molecule has 5 rings (SSSR count). The Morgan fingerprint density at radius 2 is 1.50 bits per heavy atom. The molecule has 4 saturated carbocycles. The van der Waals surface area contributed by atoms with E-state index in [0.29, 0.717) is 11.5 Å². The van der Waals surface area contributed by atoms with E-state index in [4.69, 9.17) is 5.73 Å². The molecular weight excluding hydrogens is 357 g/mol. The first-order valence-corrected chi connectivity index (χ1v) is 9.21. The number of benzene rings is 1. The van der Waals surface area contributed by atoms with Crippen LogP contribution >= 0.6 is 22.6 Å². The van der Waals surface area contributed by atoms with Crippen molar-refractivity contribution in [1.82, 2.24) is 0 Å². The molecule has 20 heavy (non-hydrogen) atoms. The summed E-state index contributed by atoms with van der Waals surface area (Å²) in [5.74, 6) is 3.01. The second kappa shape index (κ2) is 4.98. The molecule has 2 N–H and O–H groups in total. The second-order valence-electron chi connectivity index (χ2n) is 7.72. The fourth-order valence-electron chi connectivity index (χ4n) is 5.72. The highest BCUT2D eigenvalue weighted by molar-refractivity contribution is 14.1. The van der Waals surface area contributed by atoms with E-state index in [1.54, 1.807) is 0 Å². The van der Waals surface area contributed by atoms with Gasteiger partial charge in [-0.15, -0.1) is 0 Å². The Hall–Kier alpha value is -0.0900. The summed E-state index contributed by atoms with van der Waals surface area (Å²) in [7, 11) is 0. The van der Waals surface area contributed by atoms with Crippen LogP contribution in [-0.2, 0) is 6.42 Å². The van der Waals surface area contributed by atoms with E-state index in [1.807, 2.05) is 0 Å². The van der Waals surface area contributed by atoms with E-state index in [9.17, 15) is 0 Å².